The molecule has 0 radical (unpaired) electrons. The predicted octanol–water partition coefficient (Wildman–Crippen LogP) is 5.64. The minimum atomic E-state index is -4.52. The summed E-state index contributed by atoms with van der Waals surface area (Å²) in [5.41, 5.74) is -0.0525. The molecule has 0 aliphatic heterocycles. The first-order valence-corrected chi connectivity index (χ1v) is 8.73. The average molecular weight is 438 g/mol. The van der Waals surface area contributed by atoms with Crippen LogP contribution in [0.3, 0.4) is 0 Å². The Hall–Kier alpha value is -1.89. The normalized spacial score (nSPS) is 13.4. The molecule has 3 nitrogen and oxygen atoms in total. The van der Waals surface area contributed by atoms with E-state index in [2.05, 4.69) is 10.6 Å². The minimum absolute atomic E-state index is 0.0356. The monoisotopic (exact) mass is 436 g/mol. The Bertz CT molecular complexity index is 805. The lowest BCUT2D eigenvalue weighted by Crippen LogP contribution is -2.48. The molecule has 0 fully saturated rings. The van der Waals surface area contributed by atoms with Crippen LogP contribution in [0.15, 0.2) is 60.7 Å². The lowest BCUT2D eigenvalue weighted by molar-refractivity contribution is -0.137. The van der Waals surface area contributed by atoms with Crippen LogP contribution < -0.4 is 10.6 Å². The second-order valence-electron chi connectivity index (χ2n) is 5.45. The summed E-state index contributed by atoms with van der Waals surface area (Å²) in [5, 5.41) is 5.02. The fourth-order valence-corrected chi connectivity index (χ4v) is 2.41. The van der Waals surface area contributed by atoms with Crippen LogP contribution in [-0.2, 0) is 11.0 Å². The molecule has 0 bridgehead atoms. The summed E-state index contributed by atoms with van der Waals surface area (Å²) in [6.45, 7) is 0. The predicted molar refractivity (Wildman–Crippen MR) is 103 cm³/mol. The maximum Gasteiger partial charge on any atom is 0.416 e. The minimum Gasteiger partial charge on any atom is -0.362 e. The number of hydrogen-bond acceptors (Lipinski definition) is 2. The summed E-state index contributed by atoms with van der Waals surface area (Å²) in [6, 6.07) is 13.4. The third kappa shape index (κ3) is 6.97. The molecule has 2 rings (SSSR count). The Morgan fingerprint density at radius 1 is 1.00 bits per heavy atom. The molecule has 0 aromatic heterocycles. The van der Waals surface area contributed by atoms with Crippen molar-refractivity contribution in [3.63, 3.8) is 0 Å². The molecular weight excluding hydrogens is 424 g/mol. The van der Waals surface area contributed by atoms with Crippen molar-refractivity contribution in [1.82, 2.24) is 5.32 Å². The number of alkyl halides is 6. The van der Waals surface area contributed by atoms with Gasteiger partial charge in [-0.3, -0.25) is 4.79 Å². The van der Waals surface area contributed by atoms with Gasteiger partial charge in [0, 0.05) is 11.8 Å². The van der Waals surface area contributed by atoms with Crippen LogP contribution in [0.1, 0.15) is 11.1 Å². The van der Waals surface area contributed by atoms with Crippen molar-refractivity contribution in [1.29, 1.82) is 0 Å². The topological polar surface area (TPSA) is 41.1 Å². The molecule has 0 aliphatic rings. The molecule has 0 saturated heterocycles. The van der Waals surface area contributed by atoms with E-state index in [1.54, 1.807) is 30.3 Å². The highest BCUT2D eigenvalue weighted by Gasteiger charge is 2.35. The summed E-state index contributed by atoms with van der Waals surface area (Å²) in [7, 11) is 0. The van der Waals surface area contributed by atoms with Crippen LogP contribution in [0.2, 0.25) is 0 Å². The van der Waals surface area contributed by atoms with E-state index in [-0.39, 0.29) is 5.69 Å². The van der Waals surface area contributed by atoms with Crippen molar-refractivity contribution in [3.05, 3.63) is 71.8 Å². The second-order valence-corrected chi connectivity index (χ2v) is 7.82. The lowest BCUT2D eigenvalue weighted by Gasteiger charge is -2.27. The largest absolute Gasteiger partial charge is 0.416 e. The molecule has 1 atom stereocenters. The van der Waals surface area contributed by atoms with Gasteiger partial charge in [0.05, 0.1) is 5.56 Å². The van der Waals surface area contributed by atoms with Crippen molar-refractivity contribution in [2.75, 3.05) is 5.32 Å². The number of nitrogens with one attached hydrogen (secondary N) is 2. The molecule has 0 spiro atoms. The second kappa shape index (κ2) is 8.87. The fourth-order valence-electron chi connectivity index (χ4n) is 2.08. The van der Waals surface area contributed by atoms with Gasteiger partial charge in [0.15, 0.2) is 0 Å². The summed E-state index contributed by atoms with van der Waals surface area (Å²) >= 11 is 17.5. The van der Waals surface area contributed by atoms with Crippen molar-refractivity contribution in [2.24, 2.45) is 0 Å². The first-order valence-electron chi connectivity index (χ1n) is 7.60. The smallest absolute Gasteiger partial charge is 0.362 e. The van der Waals surface area contributed by atoms with Gasteiger partial charge in [-0.1, -0.05) is 71.2 Å². The molecule has 0 unspecified atom stereocenters. The van der Waals surface area contributed by atoms with Gasteiger partial charge in [0.2, 0.25) is 9.70 Å². The Morgan fingerprint density at radius 2 is 1.67 bits per heavy atom. The number of benzene rings is 2. The molecule has 2 N–H and O–H groups in total. The van der Waals surface area contributed by atoms with Gasteiger partial charge in [-0.25, -0.2) is 0 Å². The molecule has 2 aromatic carbocycles. The standard InChI is InChI=1S/C18H14Cl3F3N2O/c19-17(20,21)16(25-14-8-4-7-13(11-14)18(22,23)24)26-15(27)10-9-12-5-2-1-3-6-12/h1-11,16,25H,(H,26,27)/b10-9+/t16-/m1/s1. The lowest BCUT2D eigenvalue weighted by atomic mass is 10.2. The third-order valence-electron chi connectivity index (χ3n) is 3.34. The Morgan fingerprint density at radius 3 is 2.26 bits per heavy atom. The molecular formula is C18H14Cl3F3N2O. The van der Waals surface area contributed by atoms with Crippen LogP contribution in [0.4, 0.5) is 18.9 Å². The molecule has 9 heteroatoms. The van der Waals surface area contributed by atoms with E-state index < -0.39 is 27.6 Å². The molecule has 27 heavy (non-hydrogen) atoms. The molecule has 144 valence electrons. The van der Waals surface area contributed by atoms with E-state index in [0.29, 0.717) is 0 Å². The summed E-state index contributed by atoms with van der Waals surface area (Å²) < 4.78 is 36.5. The van der Waals surface area contributed by atoms with Crippen LogP contribution in [-0.4, -0.2) is 15.9 Å². The summed E-state index contributed by atoms with van der Waals surface area (Å²) in [4.78, 5) is 12.1. The summed E-state index contributed by atoms with van der Waals surface area (Å²) in [5.74, 6) is -0.588. The maximum absolute atomic E-state index is 12.8. The van der Waals surface area contributed by atoms with Gasteiger partial charge in [-0.05, 0) is 29.8 Å². The highest BCUT2D eigenvalue weighted by atomic mass is 35.6. The number of carbonyl (C=O) groups excluding carboxylic acids is 1. The molecule has 0 heterocycles. The zero-order valence-corrected chi connectivity index (χ0v) is 15.9. The Kier molecular flexibility index (Phi) is 7.03. The van der Waals surface area contributed by atoms with Crippen molar-refractivity contribution in [2.45, 2.75) is 16.1 Å². The Labute approximate surface area is 169 Å². The van der Waals surface area contributed by atoms with Gasteiger partial charge in [0.25, 0.3) is 0 Å². The number of amides is 1. The van der Waals surface area contributed by atoms with Gasteiger partial charge >= 0.3 is 6.18 Å². The third-order valence-corrected chi connectivity index (χ3v) is 4.00. The van der Waals surface area contributed by atoms with Crippen molar-refractivity contribution in [3.8, 4) is 0 Å². The van der Waals surface area contributed by atoms with Gasteiger partial charge in [-0.15, -0.1) is 0 Å². The first kappa shape index (κ1) is 21.4. The van der Waals surface area contributed by atoms with Gasteiger partial charge < -0.3 is 10.6 Å². The number of anilines is 1. The van der Waals surface area contributed by atoms with Gasteiger partial charge in [-0.2, -0.15) is 13.2 Å². The quantitative estimate of drug-likeness (QED) is 0.361. The number of hydrogen-bond donors (Lipinski definition) is 2. The van der Waals surface area contributed by atoms with Gasteiger partial charge in [0.1, 0.15) is 6.17 Å². The molecule has 2 aromatic rings. The van der Waals surface area contributed by atoms with E-state index in [1.807, 2.05) is 6.07 Å². The van der Waals surface area contributed by atoms with E-state index >= 15 is 0 Å². The highest BCUT2D eigenvalue weighted by Crippen LogP contribution is 2.33. The number of halogens is 6. The molecule has 1 amide bonds. The number of rotatable bonds is 5. The number of carbonyl (C=O) groups is 1. The fraction of sp³-hybridized carbons (Fsp3) is 0.167. The zero-order valence-electron chi connectivity index (χ0n) is 13.6. The van der Waals surface area contributed by atoms with Crippen molar-refractivity contribution >= 4 is 52.5 Å². The van der Waals surface area contributed by atoms with Crippen LogP contribution in [0.25, 0.3) is 6.08 Å². The first-order chi connectivity index (χ1) is 12.6. The molecule has 0 aliphatic carbocycles. The average Bonchev–Trinajstić information content (AvgIpc) is 2.59. The molecule has 0 saturated carbocycles. The van der Waals surface area contributed by atoms with Crippen LogP contribution in [0, 0.1) is 0 Å². The van der Waals surface area contributed by atoms with Crippen LogP contribution in [0.5, 0.6) is 0 Å². The van der Waals surface area contributed by atoms with E-state index in [1.165, 1.54) is 18.2 Å². The van der Waals surface area contributed by atoms with Crippen LogP contribution >= 0.6 is 34.8 Å². The SMILES string of the molecule is O=C(/C=C/c1ccccc1)N[C@@H](Nc1cccc(C(F)(F)F)c1)C(Cl)(Cl)Cl. The Balaban J connectivity index is 2.12. The summed E-state index contributed by atoms with van der Waals surface area (Å²) in [6.07, 6.45) is -3.00. The van der Waals surface area contributed by atoms with Crippen molar-refractivity contribution < 1.29 is 18.0 Å². The van der Waals surface area contributed by atoms with E-state index in [4.69, 9.17) is 34.8 Å². The van der Waals surface area contributed by atoms with E-state index in [9.17, 15) is 18.0 Å². The maximum atomic E-state index is 12.8. The highest BCUT2D eigenvalue weighted by molar-refractivity contribution is 6.68. The van der Waals surface area contributed by atoms with E-state index in [0.717, 1.165) is 17.7 Å². The zero-order chi connectivity index (χ0) is 20.1.